The van der Waals surface area contributed by atoms with Crippen LogP contribution in [0.1, 0.15) is 31.9 Å². The fraction of sp³-hybridized carbons (Fsp3) is 0.556. The largest absolute Gasteiger partial charge is 0.489 e. The van der Waals surface area contributed by atoms with Crippen LogP contribution < -0.4 is 9.92 Å². The lowest BCUT2D eigenvalue weighted by molar-refractivity contribution is 0.353. The molecular formula is C18H29ClOSi. The Kier molecular flexibility index (Phi) is 6.12. The van der Waals surface area contributed by atoms with Gasteiger partial charge in [0, 0.05) is 5.88 Å². The van der Waals surface area contributed by atoms with E-state index in [2.05, 4.69) is 59.5 Å². The molecule has 0 aliphatic carbocycles. The van der Waals surface area contributed by atoms with Crippen molar-refractivity contribution in [2.24, 2.45) is 0 Å². The van der Waals surface area contributed by atoms with E-state index in [0.29, 0.717) is 12.5 Å². The Morgan fingerprint density at radius 1 is 1.29 bits per heavy atom. The van der Waals surface area contributed by atoms with E-state index < -0.39 is 8.07 Å². The number of halogens is 1. The molecule has 0 bridgehead atoms. The molecule has 0 atom stereocenters. The van der Waals surface area contributed by atoms with E-state index >= 15 is 0 Å². The van der Waals surface area contributed by atoms with E-state index in [0.717, 1.165) is 11.8 Å². The van der Waals surface area contributed by atoms with E-state index in [1.54, 1.807) is 0 Å². The highest BCUT2D eigenvalue weighted by Gasteiger charge is 2.31. The molecule has 1 rings (SSSR count). The Morgan fingerprint density at radius 3 is 2.38 bits per heavy atom. The fourth-order valence-corrected chi connectivity index (χ4v) is 6.10. The first kappa shape index (κ1) is 18.3. The van der Waals surface area contributed by atoms with Gasteiger partial charge in [0.25, 0.3) is 0 Å². The zero-order chi connectivity index (χ0) is 16.3. The van der Waals surface area contributed by atoms with Crippen molar-refractivity contribution < 1.29 is 4.74 Å². The Bertz CT molecular complexity index is 501. The summed E-state index contributed by atoms with van der Waals surface area (Å²) in [6, 6.07) is 5.62. The minimum atomic E-state index is -1.61. The van der Waals surface area contributed by atoms with Crippen molar-refractivity contribution in [3.05, 3.63) is 35.9 Å². The van der Waals surface area contributed by atoms with Gasteiger partial charge in [-0.15, -0.1) is 11.6 Å². The Hall–Kier alpha value is -0.733. The average molecular weight is 325 g/mol. The topological polar surface area (TPSA) is 9.23 Å². The van der Waals surface area contributed by atoms with Gasteiger partial charge in [-0.3, -0.25) is 0 Å². The maximum absolute atomic E-state index is 6.11. The van der Waals surface area contributed by atoms with Gasteiger partial charge in [0.15, 0.2) is 0 Å². The summed E-state index contributed by atoms with van der Waals surface area (Å²) < 4.78 is 6.11. The molecule has 0 saturated carbocycles. The van der Waals surface area contributed by atoms with E-state index in [1.807, 2.05) is 6.08 Å². The Morgan fingerprint density at radius 2 is 1.90 bits per heavy atom. The average Bonchev–Trinajstić information content (AvgIpc) is 2.35. The van der Waals surface area contributed by atoms with Crippen LogP contribution in [0.4, 0.5) is 0 Å². The Labute approximate surface area is 136 Å². The third-order valence-corrected chi connectivity index (χ3v) is 7.67. The van der Waals surface area contributed by atoms with Crippen LogP contribution in [0, 0.1) is 6.92 Å². The number of ether oxygens (including phenoxy) is 1. The van der Waals surface area contributed by atoms with Crippen molar-refractivity contribution in [3.63, 3.8) is 0 Å². The third kappa shape index (κ3) is 4.62. The summed E-state index contributed by atoms with van der Waals surface area (Å²) in [5.41, 5.74) is 2.65. The second kappa shape index (κ2) is 7.02. The van der Waals surface area contributed by atoms with E-state index in [-0.39, 0.29) is 5.41 Å². The highest BCUT2D eigenvalue weighted by Crippen LogP contribution is 2.33. The zero-order valence-corrected chi connectivity index (χ0v) is 16.1. The molecule has 0 amide bonds. The minimum absolute atomic E-state index is 0.0583. The van der Waals surface area contributed by atoms with Crippen LogP contribution >= 0.6 is 11.6 Å². The number of aryl methyl sites for hydroxylation is 1. The van der Waals surface area contributed by atoms with Crippen molar-refractivity contribution >= 4 is 24.9 Å². The molecule has 0 aliphatic heterocycles. The first-order valence-corrected chi connectivity index (χ1v) is 11.3. The third-order valence-electron chi connectivity index (χ3n) is 3.84. The van der Waals surface area contributed by atoms with E-state index in [4.69, 9.17) is 16.3 Å². The van der Waals surface area contributed by atoms with Crippen molar-refractivity contribution in [2.75, 3.05) is 12.5 Å². The number of rotatable bonds is 6. The van der Waals surface area contributed by atoms with E-state index in [9.17, 15) is 0 Å². The molecule has 3 heteroatoms. The van der Waals surface area contributed by atoms with Crippen LogP contribution in [0.15, 0.2) is 24.8 Å². The first-order chi connectivity index (χ1) is 9.63. The lowest BCUT2D eigenvalue weighted by Gasteiger charge is -2.31. The molecule has 1 nitrogen and oxygen atoms in total. The van der Waals surface area contributed by atoms with Crippen LogP contribution in [0.2, 0.25) is 19.1 Å². The highest BCUT2D eigenvalue weighted by molar-refractivity contribution is 6.90. The Balaban J connectivity index is 3.53. The fourth-order valence-electron chi connectivity index (χ4n) is 2.50. The van der Waals surface area contributed by atoms with Gasteiger partial charge < -0.3 is 4.74 Å². The quantitative estimate of drug-likeness (QED) is 0.406. The summed E-state index contributed by atoms with van der Waals surface area (Å²) in [7, 11) is -1.61. The van der Waals surface area contributed by atoms with Crippen LogP contribution in [0.3, 0.4) is 0 Å². The monoisotopic (exact) mass is 324 g/mol. The lowest BCUT2D eigenvalue weighted by Crippen LogP contribution is -2.43. The highest BCUT2D eigenvalue weighted by atomic mass is 35.5. The number of hydrogen-bond donors (Lipinski definition) is 0. The molecule has 0 unspecified atom stereocenters. The van der Waals surface area contributed by atoms with Gasteiger partial charge >= 0.3 is 0 Å². The smallest absolute Gasteiger partial charge is 0.122 e. The molecule has 0 heterocycles. The van der Waals surface area contributed by atoms with Crippen molar-refractivity contribution in [1.29, 1.82) is 0 Å². The van der Waals surface area contributed by atoms with Gasteiger partial charge in [0.2, 0.25) is 0 Å². The molecule has 0 fully saturated rings. The van der Waals surface area contributed by atoms with Gasteiger partial charge in [-0.25, -0.2) is 0 Å². The molecule has 1 aromatic carbocycles. The molecule has 1 aromatic rings. The van der Waals surface area contributed by atoms with Crippen LogP contribution in [-0.4, -0.2) is 20.6 Å². The molecule has 0 aliphatic rings. The normalized spacial score (nSPS) is 12.3. The summed E-state index contributed by atoms with van der Waals surface area (Å²) >= 11 is 6.04. The molecule has 21 heavy (non-hydrogen) atoms. The number of hydrogen-bond acceptors (Lipinski definition) is 1. The summed E-state index contributed by atoms with van der Waals surface area (Å²) in [5, 5.41) is 1.38. The summed E-state index contributed by atoms with van der Waals surface area (Å²) in [6.07, 6.45) is 1.81. The van der Waals surface area contributed by atoms with Crippen LogP contribution in [0.25, 0.3) is 0 Å². The maximum Gasteiger partial charge on any atom is 0.122 e. The van der Waals surface area contributed by atoms with Gasteiger partial charge in [-0.1, -0.05) is 64.2 Å². The molecule has 0 spiro atoms. The second-order valence-electron chi connectivity index (χ2n) is 7.36. The molecular weight excluding hydrogens is 296 g/mol. The summed E-state index contributed by atoms with van der Waals surface area (Å²) in [6.45, 7) is 18.0. The number of benzene rings is 1. The lowest BCUT2D eigenvalue weighted by atomic mass is 9.85. The molecule has 0 aromatic heterocycles. The van der Waals surface area contributed by atoms with Crippen molar-refractivity contribution in [2.45, 2.75) is 52.2 Å². The molecule has 118 valence electrons. The maximum atomic E-state index is 6.11. The van der Waals surface area contributed by atoms with Gasteiger partial charge in [-0.2, -0.15) is 0 Å². The SMILES string of the molecule is C=CCOc1c(C(C)(C)C)cc(C)cc1[Si](C)(C)CCCl. The molecule has 0 saturated heterocycles. The first-order valence-electron chi connectivity index (χ1n) is 7.58. The second-order valence-corrected chi connectivity index (χ2v) is 12.5. The molecule has 0 N–H and O–H groups in total. The van der Waals surface area contributed by atoms with Crippen molar-refractivity contribution in [3.8, 4) is 5.75 Å². The minimum Gasteiger partial charge on any atom is -0.489 e. The molecule has 0 radical (unpaired) electrons. The summed E-state index contributed by atoms with van der Waals surface area (Å²) in [5.74, 6) is 1.77. The predicted molar refractivity (Wildman–Crippen MR) is 98.2 cm³/mol. The standard InChI is InChI=1S/C18H29ClOSi/c1-8-10-20-17-15(18(3,4)5)12-14(2)13-16(17)21(6,7)11-9-19/h8,12-13H,1,9-11H2,2-7H3. The van der Waals surface area contributed by atoms with Crippen LogP contribution in [0.5, 0.6) is 5.75 Å². The van der Waals surface area contributed by atoms with Gasteiger partial charge in [-0.05, 0) is 29.1 Å². The number of alkyl halides is 1. The predicted octanol–water partition coefficient (Wildman–Crippen LogP) is 5.01. The van der Waals surface area contributed by atoms with Crippen molar-refractivity contribution in [1.82, 2.24) is 0 Å². The van der Waals surface area contributed by atoms with Gasteiger partial charge in [0.05, 0.1) is 8.07 Å². The van der Waals surface area contributed by atoms with Gasteiger partial charge in [0.1, 0.15) is 12.4 Å². The van der Waals surface area contributed by atoms with Crippen LogP contribution in [-0.2, 0) is 5.41 Å². The zero-order valence-electron chi connectivity index (χ0n) is 14.3. The summed E-state index contributed by atoms with van der Waals surface area (Å²) in [4.78, 5) is 0. The van der Waals surface area contributed by atoms with E-state index in [1.165, 1.54) is 16.3 Å².